The van der Waals surface area contributed by atoms with E-state index in [9.17, 15) is 18.4 Å². The fourth-order valence-electron chi connectivity index (χ4n) is 4.90. The van der Waals surface area contributed by atoms with Crippen molar-refractivity contribution >= 4 is 45.9 Å². The van der Waals surface area contributed by atoms with E-state index in [0.717, 1.165) is 0 Å². The number of alkyl halides is 2. The zero-order valence-corrected chi connectivity index (χ0v) is 20.5. The number of amides is 1. The molecule has 2 unspecified atom stereocenters. The molecular formula is C24H25ClF2N6O3. The van der Waals surface area contributed by atoms with Gasteiger partial charge in [-0.3, -0.25) is 9.59 Å². The minimum atomic E-state index is -2.64. The monoisotopic (exact) mass is 518 g/mol. The van der Waals surface area contributed by atoms with Crippen molar-refractivity contribution in [3.05, 3.63) is 45.8 Å². The zero-order valence-electron chi connectivity index (χ0n) is 19.7. The third kappa shape index (κ3) is 4.32. The molecule has 12 heteroatoms. The minimum absolute atomic E-state index is 0.0460. The van der Waals surface area contributed by atoms with Gasteiger partial charge in [-0.1, -0.05) is 11.6 Å². The number of fused-ring (bicyclic) bond motifs is 3. The van der Waals surface area contributed by atoms with E-state index in [-0.39, 0.29) is 41.9 Å². The summed E-state index contributed by atoms with van der Waals surface area (Å²) >= 11 is 6.34. The number of anilines is 3. The number of hydrogen-bond donors (Lipinski definition) is 2. The van der Waals surface area contributed by atoms with Crippen molar-refractivity contribution in [1.29, 1.82) is 0 Å². The Kier molecular flexibility index (Phi) is 6.19. The number of carbonyl (C=O) groups excluding carboxylic acids is 1. The number of nitrogens with one attached hydrogen (secondary N) is 2. The third-order valence-electron chi connectivity index (χ3n) is 6.94. The van der Waals surface area contributed by atoms with Gasteiger partial charge in [0.1, 0.15) is 5.02 Å². The third-order valence-corrected chi connectivity index (χ3v) is 7.22. The van der Waals surface area contributed by atoms with Gasteiger partial charge >= 0.3 is 0 Å². The van der Waals surface area contributed by atoms with Crippen molar-refractivity contribution in [1.82, 2.24) is 19.9 Å². The first-order valence-corrected chi connectivity index (χ1v) is 11.9. The van der Waals surface area contributed by atoms with Crippen molar-refractivity contribution < 1.29 is 18.3 Å². The molecule has 2 bridgehead atoms. The van der Waals surface area contributed by atoms with Crippen LogP contribution in [0.25, 0.3) is 10.9 Å². The molecule has 36 heavy (non-hydrogen) atoms. The summed E-state index contributed by atoms with van der Waals surface area (Å²) in [5.74, 6) is -3.65. The first kappa shape index (κ1) is 24.2. The average Bonchev–Trinajstić information content (AvgIpc) is 3.02. The molecule has 2 aliphatic rings. The Balaban J connectivity index is 1.41. The van der Waals surface area contributed by atoms with Crippen LogP contribution in [-0.4, -0.2) is 53.1 Å². The van der Waals surface area contributed by atoms with Crippen molar-refractivity contribution in [3.8, 4) is 5.75 Å². The van der Waals surface area contributed by atoms with Crippen LogP contribution >= 0.6 is 11.6 Å². The number of piperidine rings is 1. The number of hydrogen-bond acceptors (Lipinski definition) is 7. The van der Waals surface area contributed by atoms with E-state index in [4.69, 9.17) is 16.3 Å². The molecule has 1 amide bonds. The van der Waals surface area contributed by atoms with Gasteiger partial charge in [-0.15, -0.1) is 0 Å². The van der Waals surface area contributed by atoms with Crippen LogP contribution < -0.4 is 25.8 Å². The highest BCUT2D eigenvalue weighted by atomic mass is 35.5. The molecule has 2 N–H and O–H groups in total. The van der Waals surface area contributed by atoms with Gasteiger partial charge in [-0.05, 0) is 37.1 Å². The molecule has 2 fully saturated rings. The Bertz CT molecular complexity index is 1380. The van der Waals surface area contributed by atoms with Gasteiger partial charge < -0.3 is 24.8 Å². The van der Waals surface area contributed by atoms with E-state index >= 15 is 0 Å². The molecule has 1 saturated carbocycles. The summed E-state index contributed by atoms with van der Waals surface area (Å²) in [7, 11) is 3.10. The first-order valence-electron chi connectivity index (χ1n) is 11.6. The van der Waals surface area contributed by atoms with E-state index in [2.05, 4.69) is 20.6 Å². The molecule has 3 heterocycles. The topological polar surface area (TPSA) is 101 Å². The standard InChI is InChI=1S/C24H25ClF2N6O3/c1-28-20(34)12-36-19-8-13-7-16(5-6-18(13)32(2)22(19)35)30-21-17(25)9-29-23(31-21)33-10-14-3-4-15(11-33)24(14,26)27/h5-9,14-15H,3-4,10-12H2,1-2H3,(H,28,34)(H,29,30,31). The summed E-state index contributed by atoms with van der Waals surface area (Å²) in [6.45, 7) is 0.124. The van der Waals surface area contributed by atoms with Crippen LogP contribution in [0.2, 0.25) is 5.02 Å². The number of ether oxygens (including phenoxy) is 1. The summed E-state index contributed by atoms with van der Waals surface area (Å²) < 4.78 is 35.5. The fraction of sp³-hybridized carbons (Fsp3) is 0.417. The lowest BCUT2D eigenvalue weighted by atomic mass is 9.94. The number of nitrogens with zero attached hydrogens (tertiary/aromatic N) is 4. The van der Waals surface area contributed by atoms with Crippen LogP contribution in [0, 0.1) is 11.8 Å². The predicted molar refractivity (Wildman–Crippen MR) is 132 cm³/mol. The molecule has 1 aliphatic carbocycles. The Morgan fingerprint density at radius 2 is 1.97 bits per heavy atom. The second-order valence-electron chi connectivity index (χ2n) is 9.15. The molecule has 190 valence electrons. The van der Waals surface area contributed by atoms with Crippen molar-refractivity contribution in [2.45, 2.75) is 18.8 Å². The van der Waals surface area contributed by atoms with Crippen molar-refractivity contribution in [2.75, 3.05) is 37.0 Å². The highest BCUT2D eigenvalue weighted by Gasteiger charge is 2.56. The summed E-state index contributed by atoms with van der Waals surface area (Å²) in [6.07, 6.45) is 2.46. The molecule has 0 spiro atoms. The van der Waals surface area contributed by atoms with Gasteiger partial charge in [0.15, 0.2) is 18.2 Å². The number of halogens is 3. The van der Waals surface area contributed by atoms with Gasteiger partial charge in [0.2, 0.25) is 5.95 Å². The Morgan fingerprint density at radius 3 is 2.67 bits per heavy atom. The van der Waals surface area contributed by atoms with Crippen LogP contribution in [-0.2, 0) is 11.8 Å². The molecule has 1 saturated heterocycles. The highest BCUT2D eigenvalue weighted by molar-refractivity contribution is 6.32. The van der Waals surface area contributed by atoms with Gasteiger partial charge in [0.05, 0.1) is 11.7 Å². The van der Waals surface area contributed by atoms with Crippen LogP contribution in [0.4, 0.5) is 26.2 Å². The molecule has 2 atom stereocenters. The Hall–Kier alpha value is -3.47. The largest absolute Gasteiger partial charge is 0.478 e. The number of aryl methyl sites for hydroxylation is 1. The summed E-state index contributed by atoms with van der Waals surface area (Å²) in [5.41, 5.74) is 0.934. The quantitative estimate of drug-likeness (QED) is 0.516. The summed E-state index contributed by atoms with van der Waals surface area (Å²) in [4.78, 5) is 34.7. The molecule has 5 rings (SSSR count). The van der Waals surface area contributed by atoms with Gasteiger partial charge in [-0.2, -0.15) is 4.98 Å². The van der Waals surface area contributed by atoms with Crippen molar-refractivity contribution in [2.24, 2.45) is 18.9 Å². The van der Waals surface area contributed by atoms with Gasteiger partial charge in [-0.25, -0.2) is 13.8 Å². The average molecular weight is 519 g/mol. The maximum absolute atomic E-state index is 14.3. The van der Waals surface area contributed by atoms with Crippen LogP contribution in [0.5, 0.6) is 5.75 Å². The second kappa shape index (κ2) is 9.20. The number of likely N-dealkylation sites (N-methyl/N-ethyl adjacent to an activating group) is 1. The van der Waals surface area contributed by atoms with E-state index in [1.54, 1.807) is 36.2 Å². The maximum atomic E-state index is 14.3. The number of carbonyl (C=O) groups is 1. The smallest absolute Gasteiger partial charge is 0.293 e. The molecule has 3 aromatic rings. The molecule has 2 aromatic heterocycles. The minimum Gasteiger partial charge on any atom is -0.478 e. The lowest BCUT2D eigenvalue weighted by Crippen LogP contribution is -2.49. The molecule has 9 nitrogen and oxygen atoms in total. The lowest BCUT2D eigenvalue weighted by molar-refractivity contribution is -0.122. The first-order chi connectivity index (χ1) is 17.2. The molecule has 0 radical (unpaired) electrons. The van der Waals surface area contributed by atoms with E-state index in [1.807, 2.05) is 0 Å². The highest BCUT2D eigenvalue weighted by Crippen LogP contribution is 2.49. The van der Waals surface area contributed by atoms with E-state index in [1.165, 1.54) is 17.8 Å². The summed E-state index contributed by atoms with van der Waals surface area (Å²) in [6, 6.07) is 6.90. The van der Waals surface area contributed by atoms with Gasteiger partial charge in [0.25, 0.3) is 17.4 Å². The fourth-order valence-corrected chi connectivity index (χ4v) is 5.04. The Labute approximate surface area is 210 Å². The zero-order chi connectivity index (χ0) is 25.6. The number of aromatic nitrogens is 3. The Morgan fingerprint density at radius 1 is 1.25 bits per heavy atom. The normalized spacial score (nSPS) is 20.4. The second-order valence-corrected chi connectivity index (χ2v) is 9.56. The number of rotatable bonds is 6. The molecule has 1 aromatic carbocycles. The van der Waals surface area contributed by atoms with Crippen LogP contribution in [0.1, 0.15) is 12.8 Å². The predicted octanol–water partition coefficient (Wildman–Crippen LogP) is 3.33. The van der Waals surface area contributed by atoms with E-state index in [0.29, 0.717) is 41.2 Å². The van der Waals surface area contributed by atoms with Crippen LogP contribution in [0.15, 0.2) is 35.3 Å². The van der Waals surface area contributed by atoms with Crippen molar-refractivity contribution in [3.63, 3.8) is 0 Å². The summed E-state index contributed by atoms with van der Waals surface area (Å²) in [5, 5.41) is 6.57. The molecule has 1 aliphatic heterocycles. The SMILES string of the molecule is CNC(=O)COc1cc2cc(Nc3nc(N4CC5CCC(C4)C5(F)F)ncc3Cl)ccc2n(C)c1=O. The van der Waals surface area contributed by atoms with Gasteiger partial charge in [0, 0.05) is 50.1 Å². The van der Waals surface area contributed by atoms with Crippen LogP contribution in [0.3, 0.4) is 0 Å². The number of pyridine rings is 1. The maximum Gasteiger partial charge on any atom is 0.293 e. The van der Waals surface area contributed by atoms with E-state index < -0.39 is 17.8 Å². The number of benzene rings is 1. The lowest BCUT2D eigenvalue weighted by Gasteiger charge is -2.37. The molecular weight excluding hydrogens is 494 g/mol.